The molecule has 1 aromatic heterocycles. The summed E-state index contributed by atoms with van der Waals surface area (Å²) in [5.74, 6) is 1.00. The molecule has 1 aliphatic heterocycles. The molecule has 1 saturated heterocycles. The Labute approximate surface area is 187 Å². The van der Waals surface area contributed by atoms with Gasteiger partial charge in [0, 0.05) is 30.9 Å². The highest BCUT2D eigenvalue weighted by atomic mass is 16.5. The minimum Gasteiger partial charge on any atom is -0.495 e. The second kappa shape index (κ2) is 9.96. The molecule has 4 rings (SSSR count). The number of hydrogen-bond acceptors (Lipinski definition) is 5. The van der Waals surface area contributed by atoms with Crippen molar-refractivity contribution < 1.29 is 14.3 Å². The molecule has 2 heterocycles. The van der Waals surface area contributed by atoms with Gasteiger partial charge in [0.2, 0.25) is 0 Å². The first kappa shape index (κ1) is 21.4. The highest BCUT2D eigenvalue weighted by Crippen LogP contribution is 2.28. The molecule has 32 heavy (non-hydrogen) atoms. The van der Waals surface area contributed by atoms with E-state index < -0.39 is 0 Å². The van der Waals surface area contributed by atoms with E-state index in [0.717, 1.165) is 5.69 Å². The maximum absolute atomic E-state index is 13.2. The van der Waals surface area contributed by atoms with Crippen LogP contribution in [0.3, 0.4) is 0 Å². The molecule has 3 aromatic rings. The van der Waals surface area contributed by atoms with Crippen LogP contribution in [0.1, 0.15) is 33.6 Å². The third kappa shape index (κ3) is 4.88. The summed E-state index contributed by atoms with van der Waals surface area (Å²) in [5, 5.41) is 6.30. The van der Waals surface area contributed by atoms with Gasteiger partial charge in [-0.15, -0.1) is 0 Å². The number of piperidine rings is 1. The normalized spacial score (nSPS) is 14.0. The largest absolute Gasteiger partial charge is 0.495 e. The lowest BCUT2D eigenvalue weighted by Crippen LogP contribution is -2.46. The summed E-state index contributed by atoms with van der Waals surface area (Å²) in [7, 11) is 1.60. The monoisotopic (exact) mass is 430 g/mol. The SMILES string of the molecule is COc1ccccc1Nc1ncccc1C(=O)N1CCC(NC(=O)c2ccccc2)CC1. The molecule has 0 radical (unpaired) electrons. The van der Waals surface area contributed by atoms with Crippen LogP contribution in [-0.4, -0.2) is 47.9 Å². The second-order valence-electron chi connectivity index (χ2n) is 7.63. The number of likely N-dealkylation sites (tertiary alicyclic amines) is 1. The van der Waals surface area contributed by atoms with E-state index in [1.165, 1.54) is 0 Å². The molecule has 2 N–H and O–H groups in total. The van der Waals surface area contributed by atoms with Crippen molar-refractivity contribution in [3.05, 3.63) is 84.1 Å². The quantitative estimate of drug-likeness (QED) is 0.620. The fourth-order valence-electron chi connectivity index (χ4n) is 3.81. The van der Waals surface area contributed by atoms with Gasteiger partial charge >= 0.3 is 0 Å². The van der Waals surface area contributed by atoms with Crippen molar-refractivity contribution in [2.45, 2.75) is 18.9 Å². The van der Waals surface area contributed by atoms with E-state index >= 15 is 0 Å². The van der Waals surface area contributed by atoms with Crippen LogP contribution >= 0.6 is 0 Å². The highest BCUT2D eigenvalue weighted by Gasteiger charge is 2.26. The van der Waals surface area contributed by atoms with Crippen molar-refractivity contribution in [3.8, 4) is 5.75 Å². The molecule has 0 spiro atoms. The number of pyridine rings is 1. The number of para-hydroxylation sites is 2. The standard InChI is InChI=1S/C25H26N4O3/c1-32-22-12-6-5-11-21(22)28-23-20(10-7-15-26-23)25(31)29-16-13-19(14-17-29)27-24(30)18-8-3-2-4-9-18/h2-12,15,19H,13-14,16-17H2,1H3,(H,26,28)(H,27,30). The third-order valence-corrected chi connectivity index (χ3v) is 5.55. The van der Waals surface area contributed by atoms with E-state index in [1.54, 1.807) is 37.6 Å². The van der Waals surface area contributed by atoms with Gasteiger partial charge in [-0.25, -0.2) is 4.98 Å². The van der Waals surface area contributed by atoms with Gasteiger partial charge in [0.1, 0.15) is 11.6 Å². The second-order valence-corrected chi connectivity index (χ2v) is 7.63. The molecule has 164 valence electrons. The molecule has 7 heteroatoms. The lowest BCUT2D eigenvalue weighted by Gasteiger charge is -2.32. The Bertz CT molecular complexity index is 1080. The Hall–Kier alpha value is -3.87. The number of anilines is 2. The lowest BCUT2D eigenvalue weighted by atomic mass is 10.0. The Kier molecular flexibility index (Phi) is 6.65. The van der Waals surface area contributed by atoms with Crippen LogP contribution in [0.15, 0.2) is 72.9 Å². The molecule has 0 bridgehead atoms. The fourth-order valence-corrected chi connectivity index (χ4v) is 3.81. The zero-order valence-corrected chi connectivity index (χ0v) is 18.0. The average Bonchev–Trinajstić information content (AvgIpc) is 2.85. The maximum Gasteiger partial charge on any atom is 0.257 e. The number of nitrogens with zero attached hydrogens (tertiary/aromatic N) is 2. The maximum atomic E-state index is 13.2. The molecule has 0 unspecified atom stereocenters. The van der Waals surface area contributed by atoms with Gasteiger partial charge in [-0.1, -0.05) is 30.3 Å². The Morgan fingerprint density at radius 1 is 0.969 bits per heavy atom. The number of methoxy groups -OCH3 is 1. The van der Waals surface area contributed by atoms with Gasteiger partial charge < -0.3 is 20.3 Å². The minimum absolute atomic E-state index is 0.0480. The van der Waals surface area contributed by atoms with Crippen molar-refractivity contribution in [1.82, 2.24) is 15.2 Å². The average molecular weight is 431 g/mol. The molecule has 0 saturated carbocycles. The number of nitrogens with one attached hydrogen (secondary N) is 2. The first-order valence-electron chi connectivity index (χ1n) is 10.7. The van der Waals surface area contributed by atoms with Crippen molar-refractivity contribution >= 4 is 23.3 Å². The highest BCUT2D eigenvalue weighted by molar-refractivity contribution is 5.99. The van der Waals surface area contributed by atoms with E-state index in [2.05, 4.69) is 15.6 Å². The third-order valence-electron chi connectivity index (χ3n) is 5.55. The van der Waals surface area contributed by atoms with Crippen molar-refractivity contribution in [3.63, 3.8) is 0 Å². The van der Waals surface area contributed by atoms with Crippen LogP contribution in [0.4, 0.5) is 11.5 Å². The summed E-state index contributed by atoms with van der Waals surface area (Å²) < 4.78 is 5.39. The Morgan fingerprint density at radius 2 is 1.69 bits per heavy atom. The van der Waals surface area contributed by atoms with Crippen LogP contribution in [0.5, 0.6) is 5.75 Å². The van der Waals surface area contributed by atoms with Crippen molar-refractivity contribution in [1.29, 1.82) is 0 Å². The van der Waals surface area contributed by atoms with Crippen molar-refractivity contribution in [2.75, 3.05) is 25.5 Å². The van der Waals surface area contributed by atoms with Gasteiger partial charge in [-0.3, -0.25) is 9.59 Å². The molecule has 0 aliphatic carbocycles. The molecule has 1 aliphatic rings. The first-order chi connectivity index (χ1) is 15.7. The Morgan fingerprint density at radius 3 is 2.44 bits per heavy atom. The number of carbonyl (C=O) groups is 2. The number of carbonyl (C=O) groups excluding carboxylic acids is 2. The fraction of sp³-hybridized carbons (Fsp3) is 0.240. The van der Waals surface area contributed by atoms with Gasteiger partial charge in [-0.05, 0) is 49.2 Å². The van der Waals surface area contributed by atoms with Crippen LogP contribution in [0.2, 0.25) is 0 Å². The van der Waals surface area contributed by atoms with Crippen LogP contribution < -0.4 is 15.4 Å². The van der Waals surface area contributed by atoms with E-state index in [-0.39, 0.29) is 17.9 Å². The van der Waals surface area contributed by atoms with Crippen LogP contribution in [0.25, 0.3) is 0 Å². The first-order valence-corrected chi connectivity index (χ1v) is 10.7. The summed E-state index contributed by atoms with van der Waals surface area (Å²) in [4.78, 5) is 31.8. The van der Waals surface area contributed by atoms with Crippen LogP contribution in [-0.2, 0) is 0 Å². The number of benzene rings is 2. The minimum atomic E-state index is -0.0802. The number of hydrogen-bond donors (Lipinski definition) is 2. The molecule has 0 atom stereocenters. The predicted octanol–water partition coefficient (Wildman–Crippen LogP) is 3.87. The number of ether oxygens (including phenoxy) is 1. The molecular weight excluding hydrogens is 404 g/mol. The van der Waals surface area contributed by atoms with E-state index in [0.29, 0.717) is 48.6 Å². The van der Waals surface area contributed by atoms with E-state index in [4.69, 9.17) is 4.74 Å². The topological polar surface area (TPSA) is 83.6 Å². The molecule has 2 amide bonds. The zero-order valence-electron chi connectivity index (χ0n) is 18.0. The van der Waals surface area contributed by atoms with E-state index in [1.807, 2.05) is 47.4 Å². The number of rotatable bonds is 6. The zero-order chi connectivity index (χ0) is 22.3. The summed E-state index contributed by atoms with van der Waals surface area (Å²) in [6, 6.07) is 20.3. The molecule has 2 aromatic carbocycles. The van der Waals surface area contributed by atoms with Gasteiger partial charge in [0.15, 0.2) is 0 Å². The van der Waals surface area contributed by atoms with E-state index in [9.17, 15) is 9.59 Å². The molecule has 7 nitrogen and oxygen atoms in total. The Balaban J connectivity index is 1.40. The van der Waals surface area contributed by atoms with Crippen LogP contribution in [0, 0.1) is 0 Å². The number of aromatic nitrogens is 1. The predicted molar refractivity (Wildman–Crippen MR) is 123 cm³/mol. The lowest BCUT2D eigenvalue weighted by molar-refractivity contribution is 0.0698. The number of amides is 2. The van der Waals surface area contributed by atoms with Gasteiger partial charge in [-0.2, -0.15) is 0 Å². The summed E-state index contributed by atoms with van der Waals surface area (Å²) in [5.41, 5.74) is 1.89. The summed E-state index contributed by atoms with van der Waals surface area (Å²) in [6.07, 6.45) is 3.07. The summed E-state index contributed by atoms with van der Waals surface area (Å²) >= 11 is 0. The van der Waals surface area contributed by atoms with Gasteiger partial charge in [0.05, 0.1) is 18.4 Å². The smallest absolute Gasteiger partial charge is 0.257 e. The summed E-state index contributed by atoms with van der Waals surface area (Å²) in [6.45, 7) is 1.14. The van der Waals surface area contributed by atoms with Crippen molar-refractivity contribution in [2.24, 2.45) is 0 Å². The molecule has 1 fully saturated rings. The molecular formula is C25H26N4O3. The van der Waals surface area contributed by atoms with Gasteiger partial charge in [0.25, 0.3) is 11.8 Å².